The summed E-state index contributed by atoms with van der Waals surface area (Å²) >= 11 is 0. The standard InChI is InChI=1S/C15H19N7O/c1-22-7-10(8-22)14(23)19-15-16-5-4-12(18-15)17-13-6-11(20-21-13)9-2-3-9/h4-6,9-10H,2-3,7-8H2,1H3,(H3,16,17,18,19,20,21,23). The van der Waals surface area contributed by atoms with Gasteiger partial charge in [-0.3, -0.25) is 15.2 Å². The normalized spacial score (nSPS) is 18.5. The molecule has 3 heterocycles. The summed E-state index contributed by atoms with van der Waals surface area (Å²) in [5.74, 6) is 2.26. The highest BCUT2D eigenvalue weighted by Gasteiger charge is 2.30. The predicted molar refractivity (Wildman–Crippen MR) is 85.5 cm³/mol. The molecule has 2 aromatic rings. The minimum absolute atomic E-state index is 0.0210. The molecule has 8 nitrogen and oxygen atoms in total. The van der Waals surface area contributed by atoms with E-state index in [-0.39, 0.29) is 11.8 Å². The first-order valence-corrected chi connectivity index (χ1v) is 7.82. The fraction of sp³-hybridized carbons (Fsp3) is 0.467. The Morgan fingerprint density at radius 2 is 2.17 bits per heavy atom. The number of hydrogen-bond donors (Lipinski definition) is 3. The number of aromatic amines is 1. The van der Waals surface area contributed by atoms with Crippen molar-refractivity contribution in [3.05, 3.63) is 24.0 Å². The summed E-state index contributed by atoms with van der Waals surface area (Å²) < 4.78 is 0. The Kier molecular flexibility index (Phi) is 3.45. The molecule has 8 heteroatoms. The minimum atomic E-state index is -0.0314. The number of H-pyrrole nitrogens is 1. The first-order chi connectivity index (χ1) is 11.2. The van der Waals surface area contributed by atoms with Gasteiger partial charge < -0.3 is 10.2 Å². The Hall–Kier alpha value is -2.48. The second kappa shape index (κ2) is 5.62. The number of carbonyl (C=O) groups excluding carboxylic acids is 1. The third kappa shape index (κ3) is 3.16. The number of likely N-dealkylation sites (tertiary alicyclic amines) is 1. The summed E-state index contributed by atoms with van der Waals surface area (Å²) in [6.45, 7) is 1.56. The molecule has 0 unspecified atom stereocenters. The van der Waals surface area contributed by atoms with E-state index in [1.165, 1.54) is 12.8 Å². The van der Waals surface area contributed by atoms with E-state index >= 15 is 0 Å². The van der Waals surface area contributed by atoms with Gasteiger partial charge in [0.2, 0.25) is 11.9 Å². The van der Waals surface area contributed by atoms with E-state index in [4.69, 9.17) is 0 Å². The summed E-state index contributed by atoms with van der Waals surface area (Å²) in [5, 5.41) is 13.2. The van der Waals surface area contributed by atoms with Gasteiger partial charge >= 0.3 is 0 Å². The number of carbonyl (C=O) groups is 1. The van der Waals surface area contributed by atoms with Crippen molar-refractivity contribution in [2.24, 2.45) is 5.92 Å². The smallest absolute Gasteiger partial charge is 0.232 e. The fourth-order valence-corrected chi connectivity index (χ4v) is 2.70. The van der Waals surface area contributed by atoms with Crippen LogP contribution in [0.2, 0.25) is 0 Å². The van der Waals surface area contributed by atoms with Gasteiger partial charge in [0.15, 0.2) is 5.82 Å². The van der Waals surface area contributed by atoms with Gasteiger partial charge in [0.05, 0.1) is 5.92 Å². The van der Waals surface area contributed by atoms with Gasteiger partial charge in [-0.2, -0.15) is 10.1 Å². The maximum atomic E-state index is 12.0. The number of nitrogens with zero attached hydrogens (tertiary/aromatic N) is 4. The van der Waals surface area contributed by atoms with Crippen LogP contribution in [0.1, 0.15) is 24.5 Å². The van der Waals surface area contributed by atoms with E-state index in [9.17, 15) is 4.79 Å². The summed E-state index contributed by atoms with van der Waals surface area (Å²) in [6.07, 6.45) is 4.07. The molecular weight excluding hydrogens is 294 g/mol. The van der Waals surface area contributed by atoms with Crippen molar-refractivity contribution in [1.29, 1.82) is 0 Å². The zero-order valence-corrected chi connectivity index (χ0v) is 12.9. The Bertz CT molecular complexity index is 718. The average Bonchev–Trinajstić information content (AvgIpc) is 3.25. The lowest BCUT2D eigenvalue weighted by Gasteiger charge is -2.34. The van der Waals surface area contributed by atoms with Crippen molar-refractivity contribution in [1.82, 2.24) is 25.1 Å². The van der Waals surface area contributed by atoms with Crippen LogP contribution in [0.4, 0.5) is 17.6 Å². The Morgan fingerprint density at radius 3 is 2.91 bits per heavy atom. The highest BCUT2D eigenvalue weighted by atomic mass is 16.2. The van der Waals surface area contributed by atoms with Crippen LogP contribution in [0.5, 0.6) is 0 Å². The van der Waals surface area contributed by atoms with E-state index in [1.807, 2.05) is 13.1 Å². The number of hydrogen-bond acceptors (Lipinski definition) is 6. The lowest BCUT2D eigenvalue weighted by molar-refractivity contribution is -0.124. The van der Waals surface area contributed by atoms with Crippen LogP contribution in [0.15, 0.2) is 18.3 Å². The minimum Gasteiger partial charge on any atom is -0.323 e. The molecule has 120 valence electrons. The van der Waals surface area contributed by atoms with Gasteiger partial charge in [0.25, 0.3) is 0 Å². The molecule has 0 aromatic carbocycles. The molecule has 23 heavy (non-hydrogen) atoms. The van der Waals surface area contributed by atoms with Gasteiger partial charge in [0, 0.05) is 37.0 Å². The van der Waals surface area contributed by atoms with Crippen molar-refractivity contribution in [2.45, 2.75) is 18.8 Å². The molecule has 1 aliphatic heterocycles. The number of anilines is 3. The third-order valence-electron chi connectivity index (χ3n) is 4.20. The number of amides is 1. The second-order valence-corrected chi connectivity index (χ2v) is 6.28. The molecular formula is C15H19N7O. The van der Waals surface area contributed by atoms with Crippen molar-refractivity contribution in [3.8, 4) is 0 Å². The monoisotopic (exact) mass is 313 g/mol. The van der Waals surface area contributed by atoms with E-state index < -0.39 is 0 Å². The van der Waals surface area contributed by atoms with Gasteiger partial charge in [-0.1, -0.05) is 0 Å². The molecule has 0 atom stereocenters. The summed E-state index contributed by atoms with van der Waals surface area (Å²) in [6, 6.07) is 3.75. The molecule has 0 spiro atoms. The highest BCUT2D eigenvalue weighted by molar-refractivity contribution is 5.92. The maximum absolute atomic E-state index is 12.0. The largest absolute Gasteiger partial charge is 0.323 e. The molecule has 1 saturated carbocycles. The molecule has 3 N–H and O–H groups in total. The van der Waals surface area contributed by atoms with Crippen LogP contribution in [-0.2, 0) is 4.79 Å². The van der Waals surface area contributed by atoms with Gasteiger partial charge in [-0.15, -0.1) is 0 Å². The molecule has 1 saturated heterocycles. The van der Waals surface area contributed by atoms with Crippen molar-refractivity contribution < 1.29 is 4.79 Å². The Labute approximate surface area is 133 Å². The fourth-order valence-electron chi connectivity index (χ4n) is 2.70. The number of nitrogens with one attached hydrogen (secondary N) is 3. The Balaban J connectivity index is 1.40. The van der Waals surface area contributed by atoms with Gasteiger partial charge in [-0.05, 0) is 26.0 Å². The van der Waals surface area contributed by atoms with Crippen molar-refractivity contribution in [2.75, 3.05) is 30.8 Å². The highest BCUT2D eigenvalue weighted by Crippen LogP contribution is 2.39. The topological polar surface area (TPSA) is 98.8 Å². The van der Waals surface area contributed by atoms with Crippen LogP contribution < -0.4 is 10.6 Å². The van der Waals surface area contributed by atoms with Crippen LogP contribution in [0.3, 0.4) is 0 Å². The molecule has 2 aromatic heterocycles. The predicted octanol–water partition coefficient (Wildman–Crippen LogP) is 1.32. The first-order valence-electron chi connectivity index (χ1n) is 7.82. The summed E-state index contributed by atoms with van der Waals surface area (Å²) in [5.41, 5.74) is 1.16. The molecule has 0 bridgehead atoms. The summed E-state index contributed by atoms with van der Waals surface area (Å²) in [7, 11) is 1.99. The lowest BCUT2D eigenvalue weighted by Crippen LogP contribution is -2.49. The molecule has 4 rings (SSSR count). The van der Waals surface area contributed by atoms with Gasteiger partial charge in [-0.25, -0.2) is 4.98 Å². The van der Waals surface area contributed by atoms with Crippen molar-refractivity contribution >= 4 is 23.5 Å². The van der Waals surface area contributed by atoms with E-state index in [1.54, 1.807) is 12.3 Å². The quantitative estimate of drug-likeness (QED) is 0.770. The molecule has 1 amide bonds. The summed E-state index contributed by atoms with van der Waals surface area (Å²) in [4.78, 5) is 22.6. The molecule has 1 aliphatic carbocycles. The first kappa shape index (κ1) is 14.1. The van der Waals surface area contributed by atoms with E-state index in [0.717, 1.165) is 24.6 Å². The SMILES string of the molecule is CN1CC(C(=O)Nc2nccc(Nc3cc(C4CC4)[nH]n3)n2)C1. The maximum Gasteiger partial charge on any atom is 0.232 e. The van der Waals surface area contributed by atoms with Gasteiger partial charge in [0.1, 0.15) is 5.82 Å². The average molecular weight is 313 g/mol. The third-order valence-corrected chi connectivity index (χ3v) is 4.20. The Morgan fingerprint density at radius 1 is 1.35 bits per heavy atom. The van der Waals surface area contributed by atoms with E-state index in [0.29, 0.717) is 17.7 Å². The zero-order valence-electron chi connectivity index (χ0n) is 12.9. The zero-order chi connectivity index (χ0) is 15.8. The van der Waals surface area contributed by atoms with E-state index in [2.05, 4.69) is 35.7 Å². The molecule has 0 radical (unpaired) electrons. The number of rotatable bonds is 5. The second-order valence-electron chi connectivity index (χ2n) is 6.28. The van der Waals surface area contributed by atoms with Crippen molar-refractivity contribution in [3.63, 3.8) is 0 Å². The van der Waals surface area contributed by atoms with Crippen LogP contribution in [-0.4, -0.2) is 51.1 Å². The number of aromatic nitrogens is 4. The van der Waals surface area contributed by atoms with Crippen LogP contribution in [0, 0.1) is 5.92 Å². The lowest BCUT2D eigenvalue weighted by atomic mass is 10.0. The molecule has 2 fully saturated rings. The molecule has 2 aliphatic rings. The van der Waals surface area contributed by atoms with Crippen LogP contribution >= 0.6 is 0 Å². The van der Waals surface area contributed by atoms with Crippen LogP contribution in [0.25, 0.3) is 0 Å².